The molecule has 0 unspecified atom stereocenters. The summed E-state index contributed by atoms with van der Waals surface area (Å²) in [6.45, 7) is 0.0251. The second-order valence-electron chi connectivity index (χ2n) is 6.82. The van der Waals surface area contributed by atoms with E-state index < -0.39 is 24.0 Å². The minimum Gasteiger partial charge on any atom is -0.345 e. The highest BCUT2D eigenvalue weighted by Gasteiger charge is 2.53. The zero-order valence-electron chi connectivity index (χ0n) is 16.4. The molecule has 0 atom stereocenters. The summed E-state index contributed by atoms with van der Waals surface area (Å²) >= 11 is 3.54. The van der Waals surface area contributed by atoms with Gasteiger partial charge in [0.05, 0.1) is 12.2 Å². The van der Waals surface area contributed by atoms with Crippen LogP contribution in [0.1, 0.15) is 21.1 Å². The Hall–Kier alpha value is -2.63. The molecule has 3 heterocycles. The van der Waals surface area contributed by atoms with Crippen molar-refractivity contribution in [2.45, 2.75) is 12.2 Å². The van der Waals surface area contributed by atoms with Crippen molar-refractivity contribution in [3.63, 3.8) is 0 Å². The third-order valence-electron chi connectivity index (χ3n) is 4.60. The summed E-state index contributed by atoms with van der Waals surface area (Å²) in [5.74, 6) is -0.125. The number of rotatable bonds is 6. The fourth-order valence-electron chi connectivity index (χ4n) is 2.96. The summed E-state index contributed by atoms with van der Waals surface area (Å²) in [6, 6.07) is 9.59. The van der Waals surface area contributed by atoms with Crippen molar-refractivity contribution in [3.05, 3.63) is 75.7 Å². The van der Waals surface area contributed by atoms with Crippen molar-refractivity contribution in [3.8, 4) is 11.3 Å². The lowest BCUT2D eigenvalue weighted by atomic mass is 10.1. The quantitative estimate of drug-likeness (QED) is 0.295. The molecule has 0 fully saturated rings. The number of nitrogens with one attached hydrogen (secondary N) is 1. The first kappa shape index (κ1) is 23.5. The van der Waals surface area contributed by atoms with Crippen LogP contribution in [0.15, 0.2) is 59.5 Å². The summed E-state index contributed by atoms with van der Waals surface area (Å²) in [5, 5.41) is 2.92. The number of halogens is 3. The highest BCUT2D eigenvalue weighted by atomic mass is 79.9. The van der Waals surface area contributed by atoms with Gasteiger partial charge in [0.25, 0.3) is 5.91 Å². The van der Waals surface area contributed by atoms with Gasteiger partial charge in [-0.15, -0.1) is 11.3 Å². The first-order valence-electron chi connectivity index (χ1n) is 9.24. The molecule has 3 aromatic heterocycles. The largest absolute Gasteiger partial charge is 0.400 e. The Kier molecular flexibility index (Phi) is 6.39. The monoisotopic (exact) mass is 554 g/mol. The molecule has 0 saturated carbocycles. The number of pyridine rings is 1. The molecule has 1 amide bonds. The lowest BCUT2D eigenvalue weighted by Crippen LogP contribution is -2.23. The van der Waals surface area contributed by atoms with Gasteiger partial charge in [-0.3, -0.25) is 14.3 Å². The molecular formula is C20H14BrF2N4O4PS. The SMILES string of the molecule is O=C(NCc1nccc(-c2cccnc2)n1)c1ccc2sc(C(F)(F)P(=O)(O)O)c(Br)c2c1. The van der Waals surface area contributed by atoms with Gasteiger partial charge in [-0.1, -0.05) is 0 Å². The predicted molar refractivity (Wildman–Crippen MR) is 122 cm³/mol. The number of fused-ring (bicyclic) bond motifs is 1. The highest BCUT2D eigenvalue weighted by molar-refractivity contribution is 9.10. The first-order valence-corrected chi connectivity index (χ1v) is 12.5. The average Bonchev–Trinajstić information content (AvgIpc) is 3.14. The number of carbonyl (C=O) groups excluding carboxylic acids is 1. The van der Waals surface area contributed by atoms with Crippen molar-refractivity contribution in [2.24, 2.45) is 0 Å². The van der Waals surface area contributed by atoms with E-state index in [1.807, 2.05) is 6.07 Å². The lowest BCUT2D eigenvalue weighted by Gasteiger charge is -2.16. The van der Waals surface area contributed by atoms with Gasteiger partial charge >= 0.3 is 13.3 Å². The zero-order valence-corrected chi connectivity index (χ0v) is 19.7. The Balaban J connectivity index is 1.55. The molecule has 0 bridgehead atoms. The van der Waals surface area contributed by atoms with Gasteiger partial charge in [0, 0.05) is 44.3 Å². The Morgan fingerprint density at radius 3 is 2.70 bits per heavy atom. The van der Waals surface area contributed by atoms with Gasteiger partial charge in [-0.2, -0.15) is 8.78 Å². The van der Waals surface area contributed by atoms with E-state index in [0.717, 1.165) is 5.56 Å². The Bertz CT molecular complexity index is 1400. The highest BCUT2D eigenvalue weighted by Crippen LogP contribution is 2.62. The van der Waals surface area contributed by atoms with Crippen molar-refractivity contribution in [1.82, 2.24) is 20.3 Å². The topological polar surface area (TPSA) is 125 Å². The zero-order chi connectivity index (χ0) is 23.8. The maximum atomic E-state index is 14.2. The summed E-state index contributed by atoms with van der Waals surface area (Å²) in [7, 11) is -5.72. The molecule has 0 aliphatic rings. The summed E-state index contributed by atoms with van der Waals surface area (Å²) < 4.78 is 39.8. The van der Waals surface area contributed by atoms with E-state index in [1.165, 1.54) is 18.2 Å². The van der Waals surface area contributed by atoms with Crippen molar-refractivity contribution < 1.29 is 27.9 Å². The van der Waals surface area contributed by atoms with Crippen LogP contribution in [0.4, 0.5) is 8.78 Å². The van der Waals surface area contributed by atoms with Crippen molar-refractivity contribution in [1.29, 1.82) is 0 Å². The third-order valence-corrected chi connectivity index (χ3v) is 8.03. The second kappa shape index (κ2) is 8.96. The molecule has 0 radical (unpaired) electrons. The molecule has 170 valence electrons. The number of amides is 1. The molecule has 4 rings (SSSR count). The predicted octanol–water partition coefficient (Wildman–Crippen LogP) is 4.67. The van der Waals surface area contributed by atoms with E-state index in [-0.39, 0.29) is 22.0 Å². The van der Waals surface area contributed by atoms with Crippen LogP contribution in [0.2, 0.25) is 0 Å². The molecule has 3 N–H and O–H groups in total. The van der Waals surface area contributed by atoms with Gasteiger partial charge in [-0.05, 0) is 52.3 Å². The maximum absolute atomic E-state index is 14.2. The summed E-state index contributed by atoms with van der Waals surface area (Å²) in [5.41, 5.74) is -2.74. The molecule has 8 nitrogen and oxygen atoms in total. The first-order chi connectivity index (χ1) is 15.6. The fourth-order valence-corrected chi connectivity index (χ4v) is 5.88. The number of alkyl halides is 2. The number of nitrogens with zero attached hydrogens (tertiary/aromatic N) is 3. The van der Waals surface area contributed by atoms with Gasteiger partial charge in [0.2, 0.25) is 0 Å². The smallest absolute Gasteiger partial charge is 0.345 e. The maximum Gasteiger partial charge on any atom is 0.400 e. The third kappa shape index (κ3) is 4.71. The van der Waals surface area contributed by atoms with Crippen LogP contribution in [0.25, 0.3) is 21.3 Å². The van der Waals surface area contributed by atoms with Crippen LogP contribution in [0, 0.1) is 0 Å². The van der Waals surface area contributed by atoms with Gasteiger partial charge in [0.15, 0.2) is 0 Å². The molecular weight excluding hydrogens is 541 g/mol. The van der Waals surface area contributed by atoms with E-state index in [0.29, 0.717) is 27.6 Å². The van der Waals surface area contributed by atoms with Crippen LogP contribution in [-0.2, 0) is 16.8 Å². The van der Waals surface area contributed by atoms with E-state index in [4.69, 9.17) is 9.79 Å². The van der Waals surface area contributed by atoms with Crippen LogP contribution in [0.3, 0.4) is 0 Å². The standard InChI is InChI=1S/C20H14BrF2N4O4PS/c21-17-13-8-11(3-4-15(13)33-18(17)20(22,23)32(29,30)31)19(28)26-10-16-25-7-5-14(27-16)12-2-1-6-24-9-12/h1-9H,10H2,(H,26,28)(H2,29,30,31). The molecule has 0 spiro atoms. The lowest BCUT2D eigenvalue weighted by molar-refractivity contribution is 0.0595. The molecule has 0 aliphatic heterocycles. The van der Waals surface area contributed by atoms with E-state index in [2.05, 4.69) is 36.2 Å². The summed E-state index contributed by atoms with van der Waals surface area (Å²) in [6.07, 6.45) is 4.86. The number of thiophene rings is 1. The normalized spacial score (nSPS) is 12.2. The average molecular weight is 555 g/mol. The molecule has 4 aromatic rings. The Morgan fingerprint density at radius 2 is 2.00 bits per heavy atom. The van der Waals surface area contributed by atoms with Gasteiger partial charge < -0.3 is 15.1 Å². The molecule has 33 heavy (non-hydrogen) atoms. The minimum absolute atomic E-state index is 0.0251. The van der Waals surface area contributed by atoms with Gasteiger partial charge in [0.1, 0.15) is 10.7 Å². The number of aromatic nitrogens is 3. The van der Waals surface area contributed by atoms with Crippen LogP contribution in [0.5, 0.6) is 0 Å². The minimum atomic E-state index is -5.72. The van der Waals surface area contributed by atoms with E-state index in [9.17, 15) is 18.1 Å². The van der Waals surface area contributed by atoms with E-state index in [1.54, 1.807) is 30.7 Å². The molecule has 13 heteroatoms. The molecule has 0 saturated heterocycles. The van der Waals surface area contributed by atoms with Crippen molar-refractivity contribution in [2.75, 3.05) is 0 Å². The Morgan fingerprint density at radius 1 is 1.21 bits per heavy atom. The number of carbonyl (C=O) groups is 1. The summed E-state index contributed by atoms with van der Waals surface area (Å²) in [4.78, 5) is 42.5. The number of hydrogen-bond donors (Lipinski definition) is 3. The van der Waals surface area contributed by atoms with Crippen LogP contribution >= 0.6 is 34.9 Å². The van der Waals surface area contributed by atoms with Crippen molar-refractivity contribution >= 4 is 50.9 Å². The molecule has 0 aliphatic carbocycles. The van der Waals surface area contributed by atoms with Crippen LogP contribution < -0.4 is 5.32 Å². The van der Waals surface area contributed by atoms with E-state index >= 15 is 0 Å². The van der Waals surface area contributed by atoms with Crippen LogP contribution in [-0.4, -0.2) is 30.6 Å². The fraction of sp³-hybridized carbons (Fsp3) is 0.100. The molecule has 1 aromatic carbocycles. The van der Waals surface area contributed by atoms with Gasteiger partial charge in [-0.25, -0.2) is 9.97 Å². The second-order valence-corrected chi connectivity index (χ2v) is 10.3. The Labute approximate surface area is 198 Å². The number of hydrogen-bond acceptors (Lipinski definition) is 6. The number of benzene rings is 1.